The lowest BCUT2D eigenvalue weighted by Gasteiger charge is -2.34. The first-order chi connectivity index (χ1) is 8.52. The van der Waals surface area contributed by atoms with Crippen molar-refractivity contribution in [3.05, 3.63) is 30.3 Å². The summed E-state index contributed by atoms with van der Waals surface area (Å²) in [7, 11) is 0. The topological polar surface area (TPSA) is 57.7 Å². The highest BCUT2D eigenvalue weighted by atomic mass is 16.2. The average Bonchev–Trinajstić information content (AvgIpc) is 2.28. The molecule has 4 amide bonds. The van der Waals surface area contributed by atoms with Crippen molar-refractivity contribution in [1.29, 1.82) is 0 Å². The van der Waals surface area contributed by atoms with Gasteiger partial charge in [-0.3, -0.25) is 14.5 Å². The summed E-state index contributed by atoms with van der Waals surface area (Å²) in [6.07, 6.45) is -0.265. The van der Waals surface area contributed by atoms with Gasteiger partial charge in [0.05, 0.1) is 5.69 Å². The van der Waals surface area contributed by atoms with E-state index in [0.717, 1.165) is 9.80 Å². The maximum atomic E-state index is 12.2. The molecule has 0 unspecified atom stereocenters. The monoisotopic (exact) mass is 246 g/mol. The normalized spacial score (nSPS) is 16.7. The molecule has 2 rings (SSSR count). The SMILES string of the molecule is CC(C)N1C(=O)CC(=O)N(c2ccccc2)C1=O. The van der Waals surface area contributed by atoms with Crippen molar-refractivity contribution in [3.63, 3.8) is 0 Å². The zero-order valence-corrected chi connectivity index (χ0v) is 10.3. The minimum Gasteiger partial charge on any atom is -0.274 e. The van der Waals surface area contributed by atoms with Gasteiger partial charge in [-0.05, 0) is 26.0 Å². The number of barbiturate groups is 1. The number of amides is 4. The third-order valence-electron chi connectivity index (χ3n) is 2.75. The number of hydrogen-bond acceptors (Lipinski definition) is 3. The molecule has 0 bridgehead atoms. The quantitative estimate of drug-likeness (QED) is 0.747. The number of rotatable bonds is 2. The number of nitrogens with zero attached hydrogens (tertiary/aromatic N) is 2. The molecule has 1 saturated heterocycles. The van der Waals surface area contributed by atoms with Crippen molar-refractivity contribution < 1.29 is 14.4 Å². The van der Waals surface area contributed by atoms with E-state index in [-0.39, 0.29) is 12.5 Å². The van der Waals surface area contributed by atoms with E-state index in [2.05, 4.69) is 0 Å². The maximum absolute atomic E-state index is 12.2. The van der Waals surface area contributed by atoms with Crippen LogP contribution in [-0.2, 0) is 9.59 Å². The molecule has 0 radical (unpaired) electrons. The number of carbonyl (C=O) groups is 3. The summed E-state index contributed by atoms with van der Waals surface area (Å²) in [6, 6.07) is 7.79. The summed E-state index contributed by atoms with van der Waals surface area (Å²) in [5.41, 5.74) is 0.491. The summed E-state index contributed by atoms with van der Waals surface area (Å²) in [6.45, 7) is 3.49. The summed E-state index contributed by atoms with van der Waals surface area (Å²) >= 11 is 0. The molecule has 94 valence electrons. The van der Waals surface area contributed by atoms with Gasteiger partial charge >= 0.3 is 6.03 Å². The van der Waals surface area contributed by atoms with Gasteiger partial charge in [-0.15, -0.1) is 0 Å². The molecule has 1 aliphatic rings. The van der Waals surface area contributed by atoms with Crippen molar-refractivity contribution >= 4 is 23.5 Å². The van der Waals surface area contributed by atoms with Crippen molar-refractivity contribution in [2.45, 2.75) is 26.3 Å². The van der Waals surface area contributed by atoms with Crippen LogP contribution < -0.4 is 4.90 Å². The van der Waals surface area contributed by atoms with Crippen LogP contribution in [-0.4, -0.2) is 28.8 Å². The Morgan fingerprint density at radius 2 is 1.61 bits per heavy atom. The zero-order chi connectivity index (χ0) is 13.3. The van der Waals surface area contributed by atoms with Crippen LogP contribution in [0.2, 0.25) is 0 Å². The highest BCUT2D eigenvalue weighted by Crippen LogP contribution is 2.22. The Kier molecular flexibility index (Phi) is 3.14. The van der Waals surface area contributed by atoms with Crippen molar-refractivity contribution in [2.75, 3.05) is 4.90 Å². The summed E-state index contributed by atoms with van der Waals surface area (Å²) in [5, 5.41) is 0. The van der Waals surface area contributed by atoms with E-state index in [4.69, 9.17) is 0 Å². The molecule has 0 spiro atoms. The first kappa shape index (κ1) is 12.3. The summed E-state index contributed by atoms with van der Waals surface area (Å²) in [4.78, 5) is 37.9. The van der Waals surface area contributed by atoms with Crippen molar-refractivity contribution in [2.24, 2.45) is 0 Å². The van der Waals surface area contributed by atoms with Gasteiger partial charge in [0.1, 0.15) is 6.42 Å². The smallest absolute Gasteiger partial charge is 0.274 e. The minimum atomic E-state index is -0.572. The number of urea groups is 1. The van der Waals surface area contributed by atoms with Crippen molar-refractivity contribution in [1.82, 2.24) is 4.90 Å². The number of anilines is 1. The molecular formula is C13H14N2O3. The van der Waals surface area contributed by atoms with E-state index in [1.165, 1.54) is 0 Å². The second-order valence-corrected chi connectivity index (χ2v) is 4.38. The molecule has 0 N–H and O–H groups in total. The zero-order valence-electron chi connectivity index (χ0n) is 10.3. The van der Waals surface area contributed by atoms with Gasteiger partial charge in [0.25, 0.3) is 0 Å². The molecule has 0 aliphatic carbocycles. The van der Waals surface area contributed by atoms with Crippen LogP contribution >= 0.6 is 0 Å². The van der Waals surface area contributed by atoms with Gasteiger partial charge in [-0.25, -0.2) is 9.69 Å². The largest absolute Gasteiger partial charge is 0.338 e. The van der Waals surface area contributed by atoms with Crippen LogP contribution in [0.5, 0.6) is 0 Å². The molecule has 0 aromatic heterocycles. The number of benzene rings is 1. The Hall–Kier alpha value is -2.17. The van der Waals surface area contributed by atoms with Gasteiger partial charge in [0.15, 0.2) is 0 Å². The lowest BCUT2D eigenvalue weighted by atomic mass is 10.2. The van der Waals surface area contributed by atoms with Crippen LogP contribution in [0.1, 0.15) is 20.3 Å². The molecule has 1 aliphatic heterocycles. The predicted molar refractivity (Wildman–Crippen MR) is 65.9 cm³/mol. The van der Waals surface area contributed by atoms with Crippen LogP contribution in [0.15, 0.2) is 30.3 Å². The highest BCUT2D eigenvalue weighted by Gasteiger charge is 2.39. The standard InChI is InChI=1S/C13H14N2O3/c1-9(2)14-11(16)8-12(17)15(13(14)18)10-6-4-3-5-7-10/h3-7,9H,8H2,1-2H3. The molecular weight excluding hydrogens is 232 g/mol. The Balaban J connectivity index is 2.39. The fourth-order valence-electron chi connectivity index (χ4n) is 1.96. The molecule has 5 heteroatoms. The third-order valence-corrected chi connectivity index (χ3v) is 2.75. The summed E-state index contributed by atoms with van der Waals surface area (Å²) in [5.74, 6) is -0.916. The second-order valence-electron chi connectivity index (χ2n) is 4.38. The molecule has 5 nitrogen and oxygen atoms in total. The first-order valence-corrected chi connectivity index (χ1v) is 5.76. The van der Waals surface area contributed by atoms with Crippen LogP contribution in [0.25, 0.3) is 0 Å². The van der Waals surface area contributed by atoms with Crippen LogP contribution in [0.3, 0.4) is 0 Å². The van der Waals surface area contributed by atoms with Gasteiger partial charge in [0.2, 0.25) is 11.8 Å². The molecule has 1 heterocycles. The average molecular weight is 246 g/mol. The van der Waals surface area contributed by atoms with Gasteiger partial charge in [0, 0.05) is 6.04 Å². The third kappa shape index (κ3) is 1.99. The van der Waals surface area contributed by atoms with Crippen LogP contribution in [0.4, 0.5) is 10.5 Å². The van der Waals surface area contributed by atoms with E-state index < -0.39 is 17.8 Å². The maximum Gasteiger partial charge on any atom is 0.338 e. The number of para-hydroxylation sites is 1. The lowest BCUT2D eigenvalue weighted by molar-refractivity contribution is -0.135. The molecule has 1 aromatic rings. The minimum absolute atomic E-state index is 0.260. The predicted octanol–water partition coefficient (Wildman–Crippen LogP) is 1.78. The fourth-order valence-corrected chi connectivity index (χ4v) is 1.96. The molecule has 1 fully saturated rings. The Morgan fingerprint density at radius 1 is 1.00 bits per heavy atom. The molecule has 18 heavy (non-hydrogen) atoms. The summed E-state index contributed by atoms with van der Waals surface area (Å²) < 4.78 is 0. The van der Waals surface area contributed by atoms with E-state index in [1.807, 2.05) is 0 Å². The highest BCUT2D eigenvalue weighted by molar-refractivity contribution is 6.26. The second kappa shape index (κ2) is 4.60. The Labute approximate surface area is 105 Å². The van der Waals surface area contributed by atoms with Crippen molar-refractivity contribution in [3.8, 4) is 0 Å². The molecule has 0 atom stereocenters. The van der Waals surface area contributed by atoms with E-state index in [9.17, 15) is 14.4 Å². The van der Waals surface area contributed by atoms with E-state index in [0.29, 0.717) is 5.69 Å². The number of carbonyl (C=O) groups excluding carboxylic acids is 3. The Bertz CT molecular complexity index is 496. The molecule has 1 aromatic carbocycles. The first-order valence-electron chi connectivity index (χ1n) is 5.76. The number of hydrogen-bond donors (Lipinski definition) is 0. The lowest BCUT2D eigenvalue weighted by Crippen LogP contribution is -2.57. The van der Waals surface area contributed by atoms with Gasteiger partial charge in [-0.1, -0.05) is 18.2 Å². The fraction of sp³-hybridized carbons (Fsp3) is 0.308. The van der Waals surface area contributed by atoms with Gasteiger partial charge < -0.3 is 0 Å². The van der Waals surface area contributed by atoms with Gasteiger partial charge in [-0.2, -0.15) is 0 Å². The molecule has 0 saturated carbocycles. The Morgan fingerprint density at radius 3 is 2.17 bits per heavy atom. The number of imide groups is 2. The van der Waals surface area contributed by atoms with Crippen LogP contribution in [0, 0.1) is 0 Å². The van der Waals surface area contributed by atoms with E-state index in [1.54, 1.807) is 44.2 Å². The van der Waals surface area contributed by atoms with E-state index >= 15 is 0 Å².